The molecular formula is C9H12ClFN2O2S. The van der Waals surface area contributed by atoms with Gasteiger partial charge in [0.25, 0.3) is 0 Å². The number of hydrogen-bond donors (Lipinski definition) is 2. The van der Waals surface area contributed by atoms with E-state index >= 15 is 0 Å². The molecule has 16 heavy (non-hydrogen) atoms. The predicted molar refractivity (Wildman–Crippen MR) is 60.2 cm³/mol. The third-order valence-corrected chi connectivity index (χ3v) is 3.81. The highest BCUT2D eigenvalue weighted by molar-refractivity contribution is 7.89. The highest BCUT2D eigenvalue weighted by atomic mass is 35.5. The van der Waals surface area contributed by atoms with Gasteiger partial charge in [-0.3, -0.25) is 0 Å². The van der Waals surface area contributed by atoms with Crippen molar-refractivity contribution in [3.05, 3.63) is 29.0 Å². The molecule has 1 unspecified atom stereocenters. The first-order valence-electron chi connectivity index (χ1n) is 4.55. The van der Waals surface area contributed by atoms with Crippen LogP contribution in [0.5, 0.6) is 0 Å². The topological polar surface area (TPSA) is 72.2 Å². The Morgan fingerprint density at radius 2 is 2.19 bits per heavy atom. The number of benzene rings is 1. The van der Waals surface area contributed by atoms with Crippen molar-refractivity contribution < 1.29 is 12.8 Å². The van der Waals surface area contributed by atoms with Crippen molar-refractivity contribution in [2.75, 3.05) is 6.54 Å². The van der Waals surface area contributed by atoms with Crippen LogP contribution in [0.2, 0.25) is 5.02 Å². The molecule has 0 saturated carbocycles. The van der Waals surface area contributed by atoms with Gasteiger partial charge >= 0.3 is 0 Å². The van der Waals surface area contributed by atoms with Gasteiger partial charge in [0.15, 0.2) is 5.82 Å². The number of sulfonamides is 1. The van der Waals surface area contributed by atoms with Gasteiger partial charge in [0, 0.05) is 12.6 Å². The summed E-state index contributed by atoms with van der Waals surface area (Å²) in [6.45, 7) is 1.71. The van der Waals surface area contributed by atoms with Crippen LogP contribution in [0.1, 0.15) is 6.92 Å². The summed E-state index contributed by atoms with van der Waals surface area (Å²) >= 11 is 5.50. The lowest BCUT2D eigenvalue weighted by molar-refractivity contribution is 0.544. The third-order valence-electron chi connectivity index (χ3n) is 1.92. The predicted octanol–water partition coefficient (Wildman–Crippen LogP) is 1.10. The molecule has 0 bridgehead atoms. The molecule has 0 radical (unpaired) electrons. The Balaban J connectivity index is 3.13. The zero-order chi connectivity index (χ0) is 12.3. The van der Waals surface area contributed by atoms with E-state index in [9.17, 15) is 12.8 Å². The van der Waals surface area contributed by atoms with Crippen LogP contribution >= 0.6 is 11.6 Å². The molecule has 0 saturated heterocycles. The molecule has 1 atom stereocenters. The molecule has 0 heterocycles. The number of nitrogens with two attached hydrogens (primary N) is 1. The van der Waals surface area contributed by atoms with E-state index in [1.807, 2.05) is 0 Å². The van der Waals surface area contributed by atoms with Gasteiger partial charge in [0.05, 0.1) is 5.02 Å². The molecule has 0 aromatic heterocycles. The summed E-state index contributed by atoms with van der Waals surface area (Å²) < 4.78 is 39.1. The molecule has 90 valence electrons. The van der Waals surface area contributed by atoms with Crippen molar-refractivity contribution in [2.24, 2.45) is 5.73 Å². The van der Waals surface area contributed by atoms with Crippen LogP contribution in [0.3, 0.4) is 0 Å². The lowest BCUT2D eigenvalue weighted by Gasteiger charge is -2.12. The first-order chi connectivity index (χ1) is 7.38. The largest absolute Gasteiger partial charge is 0.329 e. The van der Waals surface area contributed by atoms with Crippen molar-refractivity contribution in [3.63, 3.8) is 0 Å². The van der Waals surface area contributed by atoms with Crippen LogP contribution in [-0.4, -0.2) is 21.0 Å². The van der Waals surface area contributed by atoms with E-state index in [4.69, 9.17) is 17.3 Å². The number of rotatable bonds is 4. The lowest BCUT2D eigenvalue weighted by Crippen LogP contribution is -2.38. The molecule has 0 aliphatic heterocycles. The maximum Gasteiger partial charge on any atom is 0.243 e. The Hall–Kier alpha value is -0.690. The van der Waals surface area contributed by atoms with Crippen LogP contribution in [0.15, 0.2) is 23.1 Å². The fourth-order valence-electron chi connectivity index (χ4n) is 1.07. The number of nitrogens with one attached hydrogen (secondary N) is 1. The number of hydrogen-bond acceptors (Lipinski definition) is 3. The van der Waals surface area contributed by atoms with Gasteiger partial charge in [0.1, 0.15) is 4.90 Å². The van der Waals surface area contributed by atoms with Gasteiger partial charge in [0.2, 0.25) is 10.0 Å². The van der Waals surface area contributed by atoms with Crippen molar-refractivity contribution in [3.8, 4) is 0 Å². The summed E-state index contributed by atoms with van der Waals surface area (Å²) in [6.07, 6.45) is 0. The Morgan fingerprint density at radius 3 is 2.75 bits per heavy atom. The lowest BCUT2D eigenvalue weighted by atomic mass is 10.3. The van der Waals surface area contributed by atoms with E-state index in [-0.39, 0.29) is 11.6 Å². The summed E-state index contributed by atoms with van der Waals surface area (Å²) in [6, 6.07) is 3.32. The molecule has 0 aliphatic carbocycles. The normalized spacial score (nSPS) is 13.8. The van der Waals surface area contributed by atoms with Crippen molar-refractivity contribution in [1.29, 1.82) is 0 Å². The van der Waals surface area contributed by atoms with Gasteiger partial charge in [-0.1, -0.05) is 17.7 Å². The van der Waals surface area contributed by atoms with Gasteiger partial charge in [-0.15, -0.1) is 0 Å². The fraction of sp³-hybridized carbons (Fsp3) is 0.333. The molecule has 1 aromatic rings. The van der Waals surface area contributed by atoms with Crippen LogP contribution in [0.4, 0.5) is 4.39 Å². The quantitative estimate of drug-likeness (QED) is 0.857. The Morgan fingerprint density at radius 1 is 1.56 bits per heavy atom. The van der Waals surface area contributed by atoms with Crippen LogP contribution in [0, 0.1) is 5.82 Å². The van der Waals surface area contributed by atoms with Gasteiger partial charge in [-0.2, -0.15) is 0 Å². The molecule has 1 aromatic carbocycles. The smallest absolute Gasteiger partial charge is 0.243 e. The van der Waals surface area contributed by atoms with Gasteiger partial charge in [-0.25, -0.2) is 17.5 Å². The number of halogens is 2. The van der Waals surface area contributed by atoms with E-state index in [0.29, 0.717) is 0 Å². The van der Waals surface area contributed by atoms with E-state index in [0.717, 1.165) is 6.07 Å². The van der Waals surface area contributed by atoms with Gasteiger partial charge < -0.3 is 5.73 Å². The van der Waals surface area contributed by atoms with Crippen LogP contribution in [-0.2, 0) is 10.0 Å². The second-order valence-electron chi connectivity index (χ2n) is 3.31. The first kappa shape index (κ1) is 13.4. The molecule has 3 N–H and O–H groups in total. The summed E-state index contributed by atoms with van der Waals surface area (Å²) in [7, 11) is -3.91. The second kappa shape index (κ2) is 5.09. The maximum atomic E-state index is 13.5. The molecule has 4 nitrogen and oxygen atoms in total. The molecule has 0 aliphatic rings. The highest BCUT2D eigenvalue weighted by Crippen LogP contribution is 2.21. The molecule has 0 fully saturated rings. The summed E-state index contributed by atoms with van der Waals surface area (Å²) in [5.41, 5.74) is 5.28. The highest BCUT2D eigenvalue weighted by Gasteiger charge is 2.21. The van der Waals surface area contributed by atoms with Gasteiger partial charge in [-0.05, 0) is 19.1 Å². The minimum absolute atomic E-state index is 0.126. The Labute approximate surface area is 98.6 Å². The van der Waals surface area contributed by atoms with Crippen molar-refractivity contribution in [1.82, 2.24) is 4.72 Å². The van der Waals surface area contributed by atoms with Crippen LogP contribution < -0.4 is 10.5 Å². The molecule has 1 rings (SSSR count). The third kappa shape index (κ3) is 2.91. The first-order valence-corrected chi connectivity index (χ1v) is 6.41. The SMILES string of the molecule is CC(CN)NS(=O)(=O)c1cccc(Cl)c1F. The molecule has 7 heteroatoms. The average Bonchev–Trinajstić information content (AvgIpc) is 2.21. The molecule has 0 amide bonds. The standard InChI is InChI=1S/C9H12ClFN2O2S/c1-6(5-12)13-16(14,15)8-4-2-3-7(10)9(8)11/h2-4,6,13H,5,12H2,1H3. The minimum Gasteiger partial charge on any atom is -0.329 e. The summed E-state index contributed by atoms with van der Waals surface area (Å²) in [5, 5.41) is -0.233. The zero-order valence-corrected chi connectivity index (χ0v) is 10.1. The van der Waals surface area contributed by atoms with Crippen molar-refractivity contribution in [2.45, 2.75) is 17.9 Å². The monoisotopic (exact) mass is 266 g/mol. The van der Waals surface area contributed by atoms with Crippen molar-refractivity contribution >= 4 is 21.6 Å². The minimum atomic E-state index is -3.91. The fourth-order valence-corrected chi connectivity index (χ4v) is 2.66. The summed E-state index contributed by atoms with van der Waals surface area (Å²) in [4.78, 5) is -0.472. The molecular weight excluding hydrogens is 255 g/mol. The zero-order valence-electron chi connectivity index (χ0n) is 8.57. The van der Waals surface area contributed by atoms with Crippen LogP contribution in [0.25, 0.3) is 0 Å². The van der Waals surface area contributed by atoms with E-state index in [2.05, 4.69) is 4.72 Å². The van der Waals surface area contributed by atoms with E-state index in [1.165, 1.54) is 12.1 Å². The Bertz CT molecular complexity index is 478. The Kier molecular flexibility index (Phi) is 4.26. The summed E-state index contributed by atoms with van der Waals surface area (Å²) in [5.74, 6) is -0.958. The molecule has 0 spiro atoms. The maximum absolute atomic E-state index is 13.5. The van der Waals surface area contributed by atoms with E-state index < -0.39 is 26.8 Å². The average molecular weight is 267 g/mol. The van der Waals surface area contributed by atoms with E-state index in [1.54, 1.807) is 6.92 Å². The second-order valence-corrected chi connectivity index (χ2v) is 5.40.